The molecule has 3 saturated heterocycles. The van der Waals surface area contributed by atoms with Gasteiger partial charge in [0.1, 0.15) is 23.9 Å². The Labute approximate surface area is 214 Å². The molecule has 8 atom stereocenters. The Morgan fingerprint density at radius 1 is 1.19 bits per heavy atom. The summed E-state index contributed by atoms with van der Waals surface area (Å²) in [5.41, 5.74) is 0.634. The minimum Gasteiger partial charge on any atom is -0.459 e. The molecular weight excluding hydrogens is 460 g/mol. The van der Waals surface area contributed by atoms with Crippen molar-refractivity contribution in [2.45, 2.75) is 115 Å². The molecule has 1 saturated carbocycles. The van der Waals surface area contributed by atoms with E-state index >= 15 is 0 Å². The molecule has 4 aliphatic rings. The molecule has 1 unspecified atom stereocenters. The minimum atomic E-state index is -0.616. The number of aliphatic hydroxyl groups is 1. The van der Waals surface area contributed by atoms with E-state index in [4.69, 9.17) is 18.9 Å². The molecule has 36 heavy (non-hydrogen) atoms. The summed E-state index contributed by atoms with van der Waals surface area (Å²) in [4.78, 5) is 23.4. The van der Waals surface area contributed by atoms with Crippen LogP contribution in [0.15, 0.2) is 36.0 Å². The maximum Gasteiger partial charge on any atom is 0.303 e. The van der Waals surface area contributed by atoms with Gasteiger partial charge < -0.3 is 24.1 Å². The monoisotopic (exact) mass is 502 g/mol. The molecule has 7 heteroatoms. The van der Waals surface area contributed by atoms with E-state index in [9.17, 15) is 14.7 Å². The fourth-order valence-electron chi connectivity index (χ4n) is 5.65. The van der Waals surface area contributed by atoms with Crippen LogP contribution in [0.1, 0.15) is 73.1 Å². The minimum absolute atomic E-state index is 0.00561. The summed E-state index contributed by atoms with van der Waals surface area (Å²) >= 11 is 0. The summed E-state index contributed by atoms with van der Waals surface area (Å²) in [6.45, 7) is 10.0. The average molecular weight is 503 g/mol. The third-order valence-electron chi connectivity index (χ3n) is 8.13. The lowest BCUT2D eigenvalue weighted by molar-refractivity contribution is -0.145. The van der Waals surface area contributed by atoms with Gasteiger partial charge in [0.15, 0.2) is 5.78 Å². The van der Waals surface area contributed by atoms with Crippen LogP contribution in [0.25, 0.3) is 0 Å². The maximum absolute atomic E-state index is 12.4. The van der Waals surface area contributed by atoms with Crippen LogP contribution in [0, 0.1) is 11.8 Å². The molecule has 1 aliphatic carbocycles. The van der Waals surface area contributed by atoms with Gasteiger partial charge in [-0.3, -0.25) is 9.59 Å². The van der Waals surface area contributed by atoms with Crippen molar-refractivity contribution < 1.29 is 33.6 Å². The Bertz CT molecular complexity index is 911. The first-order chi connectivity index (χ1) is 17.0. The van der Waals surface area contributed by atoms with Crippen LogP contribution in [-0.2, 0) is 28.5 Å². The third kappa shape index (κ3) is 6.74. The average Bonchev–Trinajstić information content (AvgIpc) is 3.74. The van der Waals surface area contributed by atoms with Gasteiger partial charge in [-0.2, -0.15) is 0 Å². The number of aliphatic hydroxyl groups excluding tert-OH is 1. The Morgan fingerprint density at radius 2 is 1.92 bits per heavy atom. The van der Waals surface area contributed by atoms with Gasteiger partial charge in [-0.05, 0) is 70.4 Å². The quantitative estimate of drug-likeness (QED) is 0.218. The molecule has 0 amide bonds. The Balaban J connectivity index is 1.25. The molecule has 0 radical (unpaired) electrons. The predicted molar refractivity (Wildman–Crippen MR) is 135 cm³/mol. The highest BCUT2D eigenvalue weighted by atomic mass is 16.6. The van der Waals surface area contributed by atoms with Crippen LogP contribution < -0.4 is 0 Å². The van der Waals surface area contributed by atoms with E-state index in [1.165, 1.54) is 13.0 Å². The number of allylic oxidation sites excluding steroid dienone is 3. The fourth-order valence-corrected chi connectivity index (χ4v) is 5.65. The standard InChI is InChI=1S/C29H42O7/c1-18(7-11-26-27(32)29(17-33-29)16-28(36-26)12-13-28)6-10-25-19(2)14-23(21(4)35-25)15-24(31)9-8-20(3)34-22(5)30/h6-9,11,19-21,23,25-27,32H,10,12-17H2,1-5H3/b9-8-,11-7+,18-6+/t19-,20-,21+,23-,25-,26?,27+,29+/m0/s1. The van der Waals surface area contributed by atoms with Gasteiger partial charge in [0.05, 0.1) is 24.4 Å². The normalized spacial score (nSPS) is 38.6. The van der Waals surface area contributed by atoms with E-state index in [2.05, 4.69) is 19.9 Å². The van der Waals surface area contributed by atoms with Crippen LogP contribution in [-0.4, -0.2) is 65.2 Å². The maximum atomic E-state index is 12.4. The second-order valence-electron chi connectivity index (χ2n) is 11.5. The zero-order chi connectivity index (χ0) is 26.1. The first-order valence-electron chi connectivity index (χ1n) is 13.4. The second-order valence-corrected chi connectivity index (χ2v) is 11.5. The van der Waals surface area contributed by atoms with Crippen LogP contribution >= 0.6 is 0 Å². The van der Waals surface area contributed by atoms with Crippen molar-refractivity contribution in [1.29, 1.82) is 0 Å². The number of hydrogen-bond acceptors (Lipinski definition) is 7. The number of epoxide rings is 1. The van der Waals surface area contributed by atoms with Gasteiger partial charge in [-0.25, -0.2) is 0 Å². The van der Waals surface area contributed by atoms with Gasteiger partial charge in [0.25, 0.3) is 0 Å². The van der Waals surface area contributed by atoms with Gasteiger partial charge in [-0.15, -0.1) is 0 Å². The van der Waals surface area contributed by atoms with Crippen LogP contribution in [0.2, 0.25) is 0 Å². The fraction of sp³-hybridized carbons (Fsp3) is 0.724. The zero-order valence-electron chi connectivity index (χ0n) is 22.3. The Kier molecular flexibility index (Phi) is 8.25. The molecular formula is C29H42O7. The molecule has 200 valence electrons. The highest BCUT2D eigenvalue weighted by Crippen LogP contribution is 2.56. The molecule has 1 N–H and O–H groups in total. The number of rotatable bonds is 9. The number of carbonyl (C=O) groups excluding carboxylic acids is 2. The summed E-state index contributed by atoms with van der Waals surface area (Å²) in [6.07, 6.45) is 13.1. The van der Waals surface area contributed by atoms with Gasteiger partial charge in [0.2, 0.25) is 0 Å². The van der Waals surface area contributed by atoms with Crippen molar-refractivity contribution >= 4 is 11.8 Å². The van der Waals surface area contributed by atoms with Crippen molar-refractivity contribution in [2.24, 2.45) is 11.8 Å². The van der Waals surface area contributed by atoms with Crippen molar-refractivity contribution in [3.63, 3.8) is 0 Å². The molecule has 7 nitrogen and oxygen atoms in total. The second kappa shape index (κ2) is 10.9. The van der Waals surface area contributed by atoms with E-state index in [0.29, 0.717) is 18.9 Å². The zero-order valence-corrected chi connectivity index (χ0v) is 22.3. The van der Waals surface area contributed by atoms with E-state index in [0.717, 1.165) is 37.7 Å². The molecule has 4 rings (SSSR count). The Hall–Kier alpha value is -1.80. The highest BCUT2D eigenvalue weighted by molar-refractivity contribution is 5.89. The summed E-state index contributed by atoms with van der Waals surface area (Å²) in [5.74, 6) is 0.168. The van der Waals surface area contributed by atoms with Crippen LogP contribution in [0.3, 0.4) is 0 Å². The topological polar surface area (TPSA) is 94.6 Å². The van der Waals surface area contributed by atoms with E-state index in [1.807, 2.05) is 19.1 Å². The van der Waals surface area contributed by atoms with E-state index in [-0.39, 0.29) is 41.6 Å². The number of ether oxygens (including phenoxy) is 4. The van der Waals surface area contributed by atoms with Gasteiger partial charge in [-0.1, -0.05) is 30.7 Å². The molecule has 3 heterocycles. The molecule has 0 aromatic carbocycles. The molecule has 0 aromatic rings. The summed E-state index contributed by atoms with van der Waals surface area (Å²) in [7, 11) is 0. The lowest BCUT2D eigenvalue weighted by Gasteiger charge is -2.38. The van der Waals surface area contributed by atoms with Crippen molar-refractivity contribution in [3.8, 4) is 0 Å². The first-order valence-corrected chi connectivity index (χ1v) is 13.4. The smallest absolute Gasteiger partial charge is 0.303 e. The van der Waals surface area contributed by atoms with Gasteiger partial charge in [0, 0.05) is 19.8 Å². The van der Waals surface area contributed by atoms with Crippen LogP contribution in [0.4, 0.5) is 0 Å². The molecule has 3 aliphatic heterocycles. The number of hydrogen-bond donors (Lipinski definition) is 1. The van der Waals surface area contributed by atoms with E-state index < -0.39 is 17.8 Å². The lowest BCUT2D eigenvalue weighted by atomic mass is 9.81. The molecule has 2 spiro atoms. The van der Waals surface area contributed by atoms with Gasteiger partial charge >= 0.3 is 5.97 Å². The first kappa shape index (κ1) is 27.2. The number of esters is 1. The molecule has 4 fully saturated rings. The number of carbonyl (C=O) groups is 2. The van der Waals surface area contributed by atoms with Crippen LogP contribution in [0.5, 0.6) is 0 Å². The van der Waals surface area contributed by atoms with Crippen molar-refractivity contribution in [1.82, 2.24) is 0 Å². The largest absolute Gasteiger partial charge is 0.459 e. The molecule has 0 bridgehead atoms. The van der Waals surface area contributed by atoms with E-state index in [1.54, 1.807) is 13.0 Å². The highest BCUT2D eigenvalue weighted by Gasteiger charge is 2.65. The third-order valence-corrected chi connectivity index (χ3v) is 8.13. The summed E-state index contributed by atoms with van der Waals surface area (Å²) in [6, 6.07) is 0. The SMILES string of the molecule is CC(=O)O[C@@H](C)/C=C\C(=O)C[C@@H]1C[C@H](C)[C@H](C/C=C(C)/C=C/C2OC3(CC3)C[C@@]3(CO3)[C@@H]2O)O[C@@H]1C. The lowest BCUT2D eigenvalue weighted by Crippen LogP contribution is -2.50. The Morgan fingerprint density at radius 3 is 2.56 bits per heavy atom. The summed E-state index contributed by atoms with van der Waals surface area (Å²) in [5, 5.41) is 10.7. The summed E-state index contributed by atoms with van der Waals surface area (Å²) < 4.78 is 23.2. The van der Waals surface area contributed by atoms with Crippen molar-refractivity contribution in [3.05, 3.63) is 36.0 Å². The predicted octanol–water partition coefficient (Wildman–Crippen LogP) is 4.23. The molecule has 0 aromatic heterocycles. The van der Waals surface area contributed by atoms with Crippen molar-refractivity contribution in [2.75, 3.05) is 6.61 Å². The number of ketones is 1.